The molecule has 0 aromatic heterocycles. The molecule has 0 bridgehead atoms. The average molecular weight is 608 g/mol. The third-order valence-electron chi connectivity index (χ3n) is 6.13. The first-order chi connectivity index (χ1) is 18.3. The molecule has 0 amide bonds. The molecule has 5 rings (SSSR count). The molecule has 0 aliphatic rings. The number of halogens is 2. The number of rotatable bonds is 6. The molecular formula is C31H25BrClO4P. The first-order valence-electron chi connectivity index (χ1n) is 11.8. The SMILES string of the molecule is BrCc1ccc(-c2ccc([P+](c3ccccc3)(c3ccccc3)c3ccccc3)cc2)cc1.[O-][Cl+3]([O-])([O-])[O-]. The fraction of sp³-hybridized carbons (Fsp3) is 0.0323. The van der Waals surface area contributed by atoms with E-state index in [-0.39, 0.29) is 0 Å². The van der Waals surface area contributed by atoms with E-state index in [4.69, 9.17) is 18.6 Å². The van der Waals surface area contributed by atoms with Crippen LogP contribution in [0.2, 0.25) is 0 Å². The summed E-state index contributed by atoms with van der Waals surface area (Å²) in [4.78, 5) is 0. The summed E-state index contributed by atoms with van der Waals surface area (Å²) in [5.74, 6) is 0. The summed E-state index contributed by atoms with van der Waals surface area (Å²) in [6, 6.07) is 51.1. The monoisotopic (exact) mass is 606 g/mol. The minimum atomic E-state index is -4.94. The molecule has 0 saturated heterocycles. The second-order valence-electron chi connectivity index (χ2n) is 8.43. The average Bonchev–Trinajstić information content (AvgIpc) is 2.95. The summed E-state index contributed by atoms with van der Waals surface area (Å²) in [5.41, 5.74) is 3.78. The van der Waals surface area contributed by atoms with E-state index >= 15 is 0 Å². The van der Waals surface area contributed by atoms with E-state index in [1.165, 1.54) is 37.9 Å². The van der Waals surface area contributed by atoms with E-state index in [0.717, 1.165) is 5.33 Å². The molecule has 5 aromatic carbocycles. The van der Waals surface area contributed by atoms with Gasteiger partial charge in [0, 0.05) is 5.33 Å². The molecule has 0 heterocycles. The maximum Gasteiger partial charge on any atom is 0.144 e. The predicted octanol–water partition coefficient (Wildman–Crippen LogP) is 2.11. The van der Waals surface area contributed by atoms with Crippen molar-refractivity contribution in [2.24, 2.45) is 0 Å². The van der Waals surface area contributed by atoms with Crippen molar-refractivity contribution in [3.05, 3.63) is 145 Å². The van der Waals surface area contributed by atoms with Gasteiger partial charge in [0.1, 0.15) is 28.5 Å². The second kappa shape index (κ2) is 12.8. The molecule has 0 aliphatic heterocycles. The molecule has 0 spiro atoms. The van der Waals surface area contributed by atoms with E-state index < -0.39 is 17.5 Å². The Bertz CT molecular complexity index is 1310. The molecule has 4 nitrogen and oxygen atoms in total. The Morgan fingerprint density at radius 2 is 0.737 bits per heavy atom. The van der Waals surface area contributed by atoms with Crippen molar-refractivity contribution in [2.75, 3.05) is 0 Å². The van der Waals surface area contributed by atoms with E-state index in [1.54, 1.807) is 0 Å². The smallest absolute Gasteiger partial charge is 0.144 e. The standard InChI is InChI=1S/C31H25BrP.ClHO4/c32-24-25-16-18-26(19-17-25)27-20-22-31(23-21-27)33(28-10-4-1-5-11-28,29-12-6-2-7-13-29)30-14-8-3-9-15-30;2-1(3,4)5/h1-23H,24H2;(H,2,3,4,5)/q+1;/p-1. The molecule has 0 N–H and O–H groups in total. The molecule has 38 heavy (non-hydrogen) atoms. The summed E-state index contributed by atoms with van der Waals surface area (Å²) < 4.78 is 34.0. The summed E-state index contributed by atoms with van der Waals surface area (Å²) in [7, 11) is -6.98. The number of hydrogen-bond acceptors (Lipinski definition) is 4. The van der Waals surface area contributed by atoms with Gasteiger partial charge >= 0.3 is 0 Å². The van der Waals surface area contributed by atoms with Gasteiger partial charge in [0.15, 0.2) is 0 Å². The lowest BCUT2D eigenvalue weighted by atomic mass is 10.0. The highest BCUT2D eigenvalue weighted by Crippen LogP contribution is 2.54. The Kier molecular flexibility index (Phi) is 9.48. The van der Waals surface area contributed by atoms with E-state index in [9.17, 15) is 0 Å². The molecule has 7 heteroatoms. The van der Waals surface area contributed by atoms with Crippen molar-refractivity contribution in [3.8, 4) is 11.1 Å². The zero-order chi connectivity index (χ0) is 27.0. The molecule has 0 atom stereocenters. The van der Waals surface area contributed by atoms with Crippen LogP contribution in [0.5, 0.6) is 0 Å². The van der Waals surface area contributed by atoms with Crippen molar-refractivity contribution >= 4 is 44.4 Å². The predicted molar refractivity (Wildman–Crippen MR) is 149 cm³/mol. The van der Waals surface area contributed by atoms with Gasteiger partial charge < -0.3 is 0 Å². The number of benzene rings is 5. The van der Waals surface area contributed by atoms with Crippen LogP contribution < -0.4 is 39.9 Å². The lowest BCUT2D eigenvalue weighted by Crippen LogP contribution is -2.68. The molecule has 0 fully saturated rings. The zero-order valence-corrected chi connectivity index (χ0v) is 23.6. The largest absolute Gasteiger partial charge is 0.222 e. The minimum Gasteiger partial charge on any atom is -0.222 e. The highest BCUT2D eigenvalue weighted by Gasteiger charge is 2.47. The summed E-state index contributed by atoms with van der Waals surface area (Å²) >= 11 is 3.54. The first kappa shape index (κ1) is 28.2. The summed E-state index contributed by atoms with van der Waals surface area (Å²) in [6.07, 6.45) is 0. The van der Waals surface area contributed by atoms with Crippen LogP contribution >= 0.6 is 23.2 Å². The van der Waals surface area contributed by atoms with E-state index in [1.807, 2.05) is 0 Å². The van der Waals surface area contributed by atoms with Crippen molar-refractivity contribution < 1.29 is 28.9 Å². The fourth-order valence-corrected chi connectivity index (χ4v) is 9.13. The van der Waals surface area contributed by atoms with Gasteiger partial charge in [-0.2, -0.15) is 0 Å². The lowest BCUT2D eigenvalue weighted by molar-refractivity contribution is -2.00. The molecule has 0 aliphatic carbocycles. The van der Waals surface area contributed by atoms with Crippen LogP contribution in [-0.4, -0.2) is 0 Å². The highest BCUT2D eigenvalue weighted by molar-refractivity contribution is 9.08. The normalized spacial score (nSPS) is 11.4. The molecule has 0 saturated carbocycles. The Morgan fingerprint density at radius 3 is 1.05 bits per heavy atom. The fourth-order valence-electron chi connectivity index (χ4n) is 4.51. The van der Waals surface area contributed by atoms with Crippen LogP contribution in [0.15, 0.2) is 140 Å². The summed E-state index contributed by atoms with van der Waals surface area (Å²) in [6.45, 7) is 0. The van der Waals surface area contributed by atoms with Gasteiger partial charge in [0.05, 0.1) is 0 Å². The Morgan fingerprint density at radius 1 is 0.447 bits per heavy atom. The molecule has 0 radical (unpaired) electrons. The van der Waals surface area contributed by atoms with Crippen LogP contribution in [-0.2, 0) is 5.33 Å². The molecule has 192 valence electrons. The van der Waals surface area contributed by atoms with Crippen LogP contribution in [0.3, 0.4) is 0 Å². The van der Waals surface area contributed by atoms with Gasteiger partial charge in [-0.3, -0.25) is 0 Å². The Balaban J connectivity index is 0.000000617. The van der Waals surface area contributed by atoms with Gasteiger partial charge in [0.25, 0.3) is 0 Å². The van der Waals surface area contributed by atoms with Gasteiger partial charge in [-0.1, -0.05) is 107 Å². The zero-order valence-electron chi connectivity index (χ0n) is 20.3. The van der Waals surface area contributed by atoms with Gasteiger partial charge in [0.2, 0.25) is 0 Å². The maximum absolute atomic E-state index is 8.49. The number of hydrogen-bond donors (Lipinski definition) is 0. The lowest BCUT2D eigenvalue weighted by Gasteiger charge is -2.27. The van der Waals surface area contributed by atoms with Crippen molar-refractivity contribution in [2.45, 2.75) is 5.33 Å². The van der Waals surface area contributed by atoms with Crippen LogP contribution in [0.1, 0.15) is 5.56 Å². The quantitative estimate of drug-likeness (QED) is 0.218. The third kappa shape index (κ3) is 6.76. The number of alkyl halides is 1. The van der Waals surface area contributed by atoms with E-state index in [2.05, 4.69) is 155 Å². The van der Waals surface area contributed by atoms with Crippen LogP contribution in [0, 0.1) is 10.2 Å². The minimum absolute atomic E-state index is 0.879. The van der Waals surface area contributed by atoms with Gasteiger partial charge in [-0.25, -0.2) is 18.6 Å². The Hall–Kier alpha value is -2.86. The maximum atomic E-state index is 8.49. The second-order valence-corrected chi connectivity index (χ2v) is 13.2. The topological polar surface area (TPSA) is 92.2 Å². The van der Waals surface area contributed by atoms with Crippen molar-refractivity contribution in [1.29, 1.82) is 0 Å². The first-order valence-corrected chi connectivity index (χ1v) is 15.9. The third-order valence-corrected chi connectivity index (χ3v) is 11.1. The summed E-state index contributed by atoms with van der Waals surface area (Å²) in [5, 5.41) is 6.36. The molecular weight excluding hydrogens is 583 g/mol. The van der Waals surface area contributed by atoms with Crippen molar-refractivity contribution in [1.82, 2.24) is 0 Å². The highest BCUT2D eigenvalue weighted by atomic mass is 79.9. The van der Waals surface area contributed by atoms with Gasteiger partial charge in [-0.05, 0) is 65.2 Å². The van der Waals surface area contributed by atoms with Crippen molar-refractivity contribution in [3.63, 3.8) is 0 Å². The molecule has 5 aromatic rings. The van der Waals surface area contributed by atoms with E-state index in [0.29, 0.717) is 0 Å². The van der Waals surface area contributed by atoms with Gasteiger partial charge in [-0.15, -0.1) is 10.2 Å². The molecule has 0 unspecified atom stereocenters. The van der Waals surface area contributed by atoms with Crippen LogP contribution in [0.4, 0.5) is 0 Å². The Labute approximate surface area is 234 Å². The van der Waals surface area contributed by atoms with Crippen LogP contribution in [0.25, 0.3) is 11.1 Å².